The smallest absolute Gasteiger partial charge is 0.334 e. The number of nitriles is 1. The van der Waals surface area contributed by atoms with Gasteiger partial charge in [-0.05, 0) is 41.5 Å². The van der Waals surface area contributed by atoms with Gasteiger partial charge in [-0.15, -0.1) is 0 Å². The number of urea groups is 1. The van der Waals surface area contributed by atoms with Crippen molar-refractivity contribution in [3.63, 3.8) is 0 Å². The van der Waals surface area contributed by atoms with Gasteiger partial charge in [0.25, 0.3) is 0 Å². The molecule has 176 valence electrons. The average molecular weight is 449 g/mol. The number of aliphatic hydroxyl groups excluding tert-OH is 1. The van der Waals surface area contributed by atoms with Gasteiger partial charge in [0.2, 0.25) is 0 Å². The molecule has 1 heterocycles. The largest absolute Gasteiger partial charge is 0.390 e. The van der Waals surface area contributed by atoms with Crippen LogP contribution in [0.4, 0.5) is 4.79 Å². The van der Waals surface area contributed by atoms with Crippen molar-refractivity contribution >= 4 is 6.03 Å². The first kappa shape index (κ1) is 24.8. The van der Waals surface area contributed by atoms with Gasteiger partial charge >= 0.3 is 6.03 Å². The van der Waals surface area contributed by atoms with Crippen molar-refractivity contribution in [2.75, 3.05) is 19.6 Å². The third-order valence-corrected chi connectivity index (χ3v) is 5.89. The molecule has 0 unspecified atom stereocenters. The summed E-state index contributed by atoms with van der Waals surface area (Å²) in [6.45, 7) is 10.4. The van der Waals surface area contributed by atoms with Crippen molar-refractivity contribution < 1.29 is 9.90 Å². The first-order chi connectivity index (χ1) is 15.8. The highest BCUT2D eigenvalue weighted by atomic mass is 16.3. The van der Waals surface area contributed by atoms with Gasteiger partial charge in [-0.3, -0.25) is 5.01 Å². The predicted octanol–water partition coefficient (Wildman–Crippen LogP) is 4.30. The van der Waals surface area contributed by atoms with Crippen LogP contribution in [0.2, 0.25) is 0 Å². The molecule has 6 nitrogen and oxygen atoms in total. The number of rotatable bonds is 8. The van der Waals surface area contributed by atoms with E-state index in [1.54, 1.807) is 12.1 Å². The minimum atomic E-state index is -0.691. The van der Waals surface area contributed by atoms with Crippen molar-refractivity contribution in [3.8, 4) is 6.07 Å². The zero-order valence-electron chi connectivity index (χ0n) is 20.2. The normalized spacial score (nSPS) is 19.8. The molecule has 0 aromatic heterocycles. The molecule has 33 heavy (non-hydrogen) atoms. The van der Waals surface area contributed by atoms with E-state index >= 15 is 0 Å². The van der Waals surface area contributed by atoms with Gasteiger partial charge < -0.3 is 10.0 Å². The molecule has 1 saturated heterocycles. The standard InChI is InChI=1S/C27H36N4O2/c1-20(2)16-30-25(14-22-8-6-5-7-9-22)26(32)19-29(31(27(30)33)17-21(3)4)18-24-12-10-23(15-28)11-13-24/h5-13,20-21,25-26,32H,14,16-19H2,1-4H3/t25-,26-/m0/s1. The van der Waals surface area contributed by atoms with Gasteiger partial charge in [0.05, 0.1) is 23.8 Å². The number of carbonyl (C=O) groups is 1. The van der Waals surface area contributed by atoms with Crippen molar-refractivity contribution in [2.45, 2.75) is 52.8 Å². The number of hydrogen-bond donors (Lipinski definition) is 1. The lowest BCUT2D eigenvalue weighted by molar-refractivity contribution is -0.0220. The van der Waals surface area contributed by atoms with Crippen LogP contribution >= 0.6 is 0 Å². The molecule has 2 aromatic carbocycles. The van der Waals surface area contributed by atoms with Crippen molar-refractivity contribution in [1.29, 1.82) is 5.26 Å². The summed E-state index contributed by atoms with van der Waals surface area (Å²) in [5.41, 5.74) is 2.72. The van der Waals surface area contributed by atoms with E-state index in [-0.39, 0.29) is 23.9 Å². The summed E-state index contributed by atoms with van der Waals surface area (Å²) < 4.78 is 0. The number of hydrazine groups is 1. The van der Waals surface area contributed by atoms with Crippen molar-refractivity contribution in [3.05, 3.63) is 71.3 Å². The van der Waals surface area contributed by atoms with Gasteiger partial charge in [0.15, 0.2) is 0 Å². The molecular weight excluding hydrogens is 412 g/mol. The van der Waals surface area contributed by atoms with E-state index in [0.717, 1.165) is 11.1 Å². The Balaban J connectivity index is 1.95. The molecule has 6 heteroatoms. The van der Waals surface area contributed by atoms with Crippen molar-refractivity contribution in [1.82, 2.24) is 14.9 Å². The van der Waals surface area contributed by atoms with E-state index in [0.29, 0.717) is 38.2 Å². The first-order valence-corrected chi connectivity index (χ1v) is 11.8. The van der Waals surface area contributed by atoms with Crippen LogP contribution in [0.1, 0.15) is 44.4 Å². The number of nitrogens with zero attached hydrogens (tertiary/aromatic N) is 4. The molecule has 0 bridgehead atoms. The second-order valence-corrected chi connectivity index (χ2v) is 9.79. The molecule has 1 fully saturated rings. The van der Waals surface area contributed by atoms with Gasteiger partial charge in [0, 0.05) is 26.2 Å². The maximum absolute atomic E-state index is 13.9. The Labute approximate surface area is 198 Å². The van der Waals surface area contributed by atoms with Gasteiger partial charge in [0.1, 0.15) is 0 Å². The lowest BCUT2D eigenvalue weighted by Gasteiger charge is -2.37. The molecule has 1 aliphatic heterocycles. The SMILES string of the molecule is CC(C)CN1C(=O)N(CC(C)C)N(Cc2ccc(C#N)cc2)C[C@H](O)[C@@H]1Cc1ccccc1. The number of β-amino-alcohol motifs (C(OH)–C–C–N with tert-alkyl or cyclic N) is 1. The molecule has 0 aliphatic carbocycles. The van der Waals surface area contributed by atoms with Crippen LogP contribution < -0.4 is 0 Å². The summed E-state index contributed by atoms with van der Waals surface area (Å²) in [5.74, 6) is 0.562. The van der Waals surface area contributed by atoms with Gasteiger partial charge in [-0.2, -0.15) is 5.26 Å². The fourth-order valence-corrected chi connectivity index (χ4v) is 4.35. The summed E-state index contributed by atoms with van der Waals surface area (Å²) in [4.78, 5) is 15.8. The highest BCUT2D eigenvalue weighted by Gasteiger charge is 2.40. The molecule has 2 amide bonds. The predicted molar refractivity (Wildman–Crippen MR) is 130 cm³/mol. The summed E-state index contributed by atoms with van der Waals surface area (Å²) >= 11 is 0. The van der Waals surface area contributed by atoms with E-state index in [9.17, 15) is 9.90 Å². The first-order valence-electron chi connectivity index (χ1n) is 11.8. The summed E-state index contributed by atoms with van der Waals surface area (Å²) in [7, 11) is 0. The summed E-state index contributed by atoms with van der Waals surface area (Å²) in [5, 5.41) is 24.3. The van der Waals surface area contributed by atoms with Gasteiger partial charge in [-0.1, -0.05) is 70.2 Å². The third-order valence-electron chi connectivity index (χ3n) is 5.89. The zero-order chi connectivity index (χ0) is 24.0. The summed E-state index contributed by atoms with van der Waals surface area (Å²) in [6, 6.07) is 19.3. The molecule has 0 saturated carbocycles. The molecule has 1 N–H and O–H groups in total. The van der Waals surface area contributed by atoms with E-state index < -0.39 is 6.10 Å². The van der Waals surface area contributed by atoms with E-state index in [4.69, 9.17) is 5.26 Å². The van der Waals surface area contributed by atoms with Crippen LogP contribution in [-0.2, 0) is 13.0 Å². The van der Waals surface area contributed by atoms with E-state index in [1.807, 2.05) is 45.2 Å². The van der Waals surface area contributed by atoms with Crippen LogP contribution in [0.3, 0.4) is 0 Å². The maximum Gasteiger partial charge on any atom is 0.334 e. The van der Waals surface area contributed by atoms with E-state index in [2.05, 4.69) is 45.9 Å². The van der Waals surface area contributed by atoms with Crippen LogP contribution in [0.15, 0.2) is 54.6 Å². The Morgan fingerprint density at radius 2 is 1.61 bits per heavy atom. The lowest BCUT2D eigenvalue weighted by atomic mass is 9.98. The quantitative estimate of drug-likeness (QED) is 0.654. The molecule has 2 aromatic rings. The fourth-order valence-electron chi connectivity index (χ4n) is 4.35. The Hall–Kier alpha value is -2.88. The van der Waals surface area contributed by atoms with Crippen LogP contribution in [0, 0.1) is 23.2 Å². The van der Waals surface area contributed by atoms with Gasteiger partial charge in [-0.25, -0.2) is 9.80 Å². The average Bonchev–Trinajstić information content (AvgIpc) is 2.86. The Morgan fingerprint density at radius 1 is 0.970 bits per heavy atom. The van der Waals surface area contributed by atoms with Crippen LogP contribution in [-0.4, -0.2) is 57.8 Å². The number of amides is 2. The maximum atomic E-state index is 13.9. The highest BCUT2D eigenvalue weighted by molar-refractivity contribution is 5.75. The second-order valence-electron chi connectivity index (χ2n) is 9.79. The third kappa shape index (κ3) is 6.56. The second kappa shape index (κ2) is 11.3. The number of aliphatic hydroxyl groups is 1. The Bertz CT molecular complexity index is 937. The number of hydrogen-bond acceptors (Lipinski definition) is 4. The lowest BCUT2D eigenvalue weighted by Crippen LogP contribution is -2.53. The zero-order valence-corrected chi connectivity index (χ0v) is 20.2. The fraction of sp³-hybridized carbons (Fsp3) is 0.481. The summed E-state index contributed by atoms with van der Waals surface area (Å²) in [6.07, 6.45) is -0.0795. The molecular formula is C27H36N4O2. The Kier molecular flexibility index (Phi) is 8.49. The van der Waals surface area contributed by atoms with Crippen LogP contribution in [0.5, 0.6) is 0 Å². The minimum Gasteiger partial charge on any atom is -0.390 e. The highest BCUT2D eigenvalue weighted by Crippen LogP contribution is 2.24. The molecule has 1 aliphatic rings. The van der Waals surface area contributed by atoms with Crippen molar-refractivity contribution in [2.24, 2.45) is 11.8 Å². The minimum absolute atomic E-state index is 0.0523. The Morgan fingerprint density at radius 3 is 2.18 bits per heavy atom. The molecule has 3 rings (SSSR count). The molecule has 2 atom stereocenters. The molecule has 0 spiro atoms. The number of carbonyl (C=O) groups excluding carboxylic acids is 1. The monoisotopic (exact) mass is 448 g/mol. The van der Waals surface area contributed by atoms with Crippen LogP contribution in [0.25, 0.3) is 0 Å². The topological polar surface area (TPSA) is 70.8 Å². The number of benzene rings is 2. The van der Waals surface area contributed by atoms with E-state index in [1.165, 1.54) is 0 Å². The molecule has 0 radical (unpaired) electrons.